The van der Waals surface area contributed by atoms with E-state index in [0.29, 0.717) is 28.4 Å². The first-order valence-electron chi connectivity index (χ1n) is 9.58. The van der Waals surface area contributed by atoms with E-state index in [1.165, 1.54) is 6.21 Å². The Bertz CT molecular complexity index is 1020. The van der Waals surface area contributed by atoms with E-state index >= 15 is 0 Å². The molecule has 28 heavy (non-hydrogen) atoms. The first-order chi connectivity index (χ1) is 13.6. The van der Waals surface area contributed by atoms with Crippen LogP contribution < -0.4 is 0 Å². The molecule has 140 valence electrons. The molecule has 4 aliphatic carbocycles. The van der Waals surface area contributed by atoms with Crippen LogP contribution in [-0.4, -0.2) is 23.0 Å². The first-order valence-corrected chi connectivity index (χ1v) is 9.95. The van der Waals surface area contributed by atoms with Crippen LogP contribution in [0.4, 0.5) is 0 Å². The van der Waals surface area contributed by atoms with Crippen LogP contribution in [-0.2, 0) is 9.59 Å². The third-order valence-electron chi connectivity index (χ3n) is 6.70. The minimum Gasteiger partial charge on any atom is -0.455 e. The molecule has 6 atom stereocenters. The Kier molecular flexibility index (Phi) is 3.30. The van der Waals surface area contributed by atoms with Crippen LogP contribution in [0.1, 0.15) is 12.2 Å². The summed E-state index contributed by atoms with van der Waals surface area (Å²) >= 11 is 5.92. The minimum atomic E-state index is -0.232. The molecule has 1 aromatic heterocycles. The SMILES string of the molecule is O=C1[C@@H]2[C@H]3C=C[C@H]([C@H]4C[C@H]34)[C@@H]2C(=O)N1/N=C\c1ccc(-c2ccc(Cl)cc2)o1. The molecule has 2 saturated carbocycles. The summed E-state index contributed by atoms with van der Waals surface area (Å²) in [6.45, 7) is 0. The van der Waals surface area contributed by atoms with Gasteiger partial charge in [-0.2, -0.15) is 10.1 Å². The van der Waals surface area contributed by atoms with Gasteiger partial charge in [0.25, 0.3) is 11.8 Å². The lowest BCUT2D eigenvalue weighted by molar-refractivity contribution is -0.140. The molecule has 3 fully saturated rings. The normalized spacial score (nSPS) is 35.0. The smallest absolute Gasteiger partial charge is 0.254 e. The second-order valence-electron chi connectivity index (χ2n) is 8.10. The van der Waals surface area contributed by atoms with Gasteiger partial charge in [0.1, 0.15) is 11.5 Å². The molecule has 0 unspecified atom stereocenters. The zero-order valence-electron chi connectivity index (χ0n) is 14.9. The molecule has 2 heterocycles. The Morgan fingerprint density at radius 2 is 1.61 bits per heavy atom. The second kappa shape index (κ2) is 5.67. The minimum absolute atomic E-state index is 0.166. The summed E-state index contributed by atoms with van der Waals surface area (Å²) in [4.78, 5) is 25.8. The average molecular weight is 393 g/mol. The number of imide groups is 1. The number of amides is 2. The Morgan fingerprint density at radius 3 is 2.25 bits per heavy atom. The van der Waals surface area contributed by atoms with E-state index < -0.39 is 0 Å². The zero-order valence-corrected chi connectivity index (χ0v) is 15.6. The number of hydrogen-bond donors (Lipinski definition) is 0. The van der Waals surface area contributed by atoms with E-state index in [0.717, 1.165) is 17.0 Å². The molecule has 0 radical (unpaired) electrons. The highest BCUT2D eigenvalue weighted by Gasteiger charge is 2.67. The third kappa shape index (κ3) is 2.23. The number of furan rings is 1. The average Bonchev–Trinajstić information content (AvgIpc) is 3.34. The highest BCUT2D eigenvalue weighted by molar-refractivity contribution is 6.30. The summed E-state index contributed by atoms with van der Waals surface area (Å²) in [6.07, 6.45) is 6.91. The molecule has 1 aliphatic heterocycles. The second-order valence-corrected chi connectivity index (χ2v) is 8.53. The van der Waals surface area contributed by atoms with Gasteiger partial charge in [0.2, 0.25) is 0 Å². The predicted molar refractivity (Wildman–Crippen MR) is 103 cm³/mol. The van der Waals surface area contributed by atoms with Gasteiger partial charge in [0, 0.05) is 10.6 Å². The maximum Gasteiger partial charge on any atom is 0.254 e. The van der Waals surface area contributed by atoms with Crippen LogP contribution in [0, 0.1) is 35.5 Å². The molecule has 5 aliphatic rings. The van der Waals surface area contributed by atoms with E-state index in [-0.39, 0.29) is 35.5 Å². The fourth-order valence-electron chi connectivity index (χ4n) is 5.36. The molecule has 6 heteroatoms. The van der Waals surface area contributed by atoms with Crippen LogP contribution in [0.3, 0.4) is 0 Å². The Hall–Kier alpha value is -2.66. The van der Waals surface area contributed by atoms with E-state index in [9.17, 15) is 9.59 Å². The van der Waals surface area contributed by atoms with Crippen molar-refractivity contribution < 1.29 is 14.0 Å². The van der Waals surface area contributed by atoms with E-state index in [1.54, 1.807) is 18.2 Å². The van der Waals surface area contributed by atoms with Crippen LogP contribution >= 0.6 is 11.6 Å². The van der Waals surface area contributed by atoms with Gasteiger partial charge in [-0.15, -0.1) is 0 Å². The summed E-state index contributed by atoms with van der Waals surface area (Å²) in [5.41, 5.74) is 0.894. The predicted octanol–water partition coefficient (Wildman–Crippen LogP) is 3.99. The van der Waals surface area contributed by atoms with Crippen LogP contribution in [0.25, 0.3) is 11.3 Å². The van der Waals surface area contributed by atoms with Gasteiger partial charge in [-0.1, -0.05) is 23.8 Å². The molecule has 0 N–H and O–H groups in total. The molecule has 1 aromatic carbocycles. The van der Waals surface area contributed by atoms with E-state index in [4.69, 9.17) is 16.0 Å². The van der Waals surface area contributed by atoms with Gasteiger partial charge >= 0.3 is 0 Å². The molecule has 2 amide bonds. The highest BCUT2D eigenvalue weighted by atomic mass is 35.5. The number of allylic oxidation sites excluding steroid dienone is 2. The number of halogens is 1. The van der Waals surface area contributed by atoms with Gasteiger partial charge in [0.15, 0.2) is 0 Å². The van der Waals surface area contributed by atoms with Crippen molar-refractivity contribution in [2.75, 3.05) is 0 Å². The van der Waals surface area contributed by atoms with Gasteiger partial charge in [-0.3, -0.25) is 9.59 Å². The topological polar surface area (TPSA) is 62.9 Å². The van der Waals surface area contributed by atoms with Gasteiger partial charge in [-0.05, 0) is 66.5 Å². The summed E-state index contributed by atoms with van der Waals surface area (Å²) < 4.78 is 5.78. The molecule has 2 aromatic rings. The fraction of sp³-hybridized carbons (Fsp3) is 0.318. The van der Waals surface area contributed by atoms with Crippen molar-refractivity contribution in [3.05, 3.63) is 59.3 Å². The van der Waals surface area contributed by atoms with Crippen molar-refractivity contribution in [1.82, 2.24) is 5.01 Å². The lowest BCUT2D eigenvalue weighted by atomic mass is 9.63. The number of hydrogen-bond acceptors (Lipinski definition) is 4. The lowest BCUT2D eigenvalue weighted by Gasteiger charge is -2.37. The maximum atomic E-state index is 12.9. The molecule has 5 nitrogen and oxygen atoms in total. The standard InChI is InChI=1S/C22H17ClN2O3/c23-12-3-1-11(2-4-12)18-8-5-13(28-18)10-24-25-21(26)19-14-6-7-15(17-9-16(14)17)20(19)22(25)27/h1-8,10,14-17,19-20H,9H2/b24-10-/t14-,15+,16-,17-,19+,20-/m1/s1. The molecule has 2 bridgehead atoms. The molecule has 1 saturated heterocycles. The van der Waals surface area contributed by atoms with Crippen LogP contribution in [0.5, 0.6) is 0 Å². The van der Waals surface area contributed by atoms with Crippen LogP contribution in [0.15, 0.2) is 58.1 Å². The number of nitrogens with zero attached hydrogens (tertiary/aromatic N) is 2. The number of benzene rings is 1. The van der Waals surface area contributed by atoms with Crippen LogP contribution in [0.2, 0.25) is 5.02 Å². The zero-order chi connectivity index (χ0) is 19.0. The van der Waals surface area contributed by atoms with Crippen molar-refractivity contribution in [2.24, 2.45) is 40.6 Å². The van der Waals surface area contributed by atoms with Gasteiger partial charge in [-0.25, -0.2) is 0 Å². The number of carbonyl (C=O) groups is 2. The van der Waals surface area contributed by atoms with Crippen molar-refractivity contribution in [2.45, 2.75) is 6.42 Å². The largest absolute Gasteiger partial charge is 0.455 e. The summed E-state index contributed by atoms with van der Waals surface area (Å²) in [5.74, 6) is 1.95. The molecular weight excluding hydrogens is 376 g/mol. The Morgan fingerprint density at radius 1 is 0.964 bits per heavy atom. The highest BCUT2D eigenvalue weighted by Crippen LogP contribution is 2.65. The Balaban J connectivity index is 1.24. The van der Waals surface area contributed by atoms with Crippen molar-refractivity contribution in [3.8, 4) is 11.3 Å². The lowest BCUT2D eigenvalue weighted by Crippen LogP contribution is -2.40. The van der Waals surface area contributed by atoms with Crippen molar-refractivity contribution in [3.63, 3.8) is 0 Å². The summed E-state index contributed by atoms with van der Waals surface area (Å²) in [7, 11) is 0. The monoisotopic (exact) mass is 392 g/mol. The van der Waals surface area contributed by atoms with Gasteiger partial charge < -0.3 is 4.42 Å². The summed E-state index contributed by atoms with van der Waals surface area (Å²) in [5, 5.41) is 5.93. The molecular formula is C22H17ClN2O3. The summed E-state index contributed by atoms with van der Waals surface area (Å²) in [6, 6.07) is 10.9. The van der Waals surface area contributed by atoms with Crippen molar-refractivity contribution in [1.29, 1.82) is 0 Å². The number of rotatable bonds is 3. The van der Waals surface area contributed by atoms with E-state index in [1.807, 2.05) is 18.2 Å². The third-order valence-corrected chi connectivity index (χ3v) is 6.95. The fourth-order valence-corrected chi connectivity index (χ4v) is 5.49. The number of carbonyl (C=O) groups excluding carboxylic acids is 2. The van der Waals surface area contributed by atoms with E-state index in [2.05, 4.69) is 17.3 Å². The maximum absolute atomic E-state index is 12.9. The number of hydrazone groups is 1. The van der Waals surface area contributed by atoms with Crippen molar-refractivity contribution >= 4 is 29.6 Å². The van der Waals surface area contributed by atoms with Gasteiger partial charge in [0.05, 0.1) is 18.1 Å². The molecule has 0 spiro atoms. The Labute approximate surface area is 166 Å². The first kappa shape index (κ1) is 16.3. The quantitative estimate of drug-likeness (QED) is 0.451. The molecule has 7 rings (SSSR count).